The molecule has 3 nitrogen and oxygen atoms in total. The minimum Gasteiger partial charge on any atom is -0.356 e. The topological polar surface area (TPSA) is 46.2 Å². The number of hydrogen-bond acceptors (Lipinski definition) is 2. The summed E-state index contributed by atoms with van der Waals surface area (Å²) in [6.07, 6.45) is 1.08. The van der Waals surface area contributed by atoms with Crippen LogP contribution in [0.25, 0.3) is 0 Å². The Balaban J connectivity index is 2.32. The number of hydrogen-bond donors (Lipinski definition) is 1. The van der Waals surface area contributed by atoms with Crippen LogP contribution in [0.15, 0.2) is 0 Å². The van der Waals surface area contributed by atoms with E-state index in [1.165, 1.54) is 0 Å². The number of amides is 1. The second-order valence-corrected chi connectivity index (χ2v) is 3.70. The average Bonchev–Trinajstić information content (AvgIpc) is 2.35. The highest BCUT2D eigenvalue weighted by Gasteiger charge is 2.24. The van der Waals surface area contributed by atoms with Crippen LogP contribution in [-0.4, -0.2) is 18.2 Å². The molecule has 1 rings (SSSR count). The highest BCUT2D eigenvalue weighted by Crippen LogP contribution is 2.15. The van der Waals surface area contributed by atoms with Crippen molar-refractivity contribution in [1.82, 2.24) is 5.32 Å². The van der Waals surface area contributed by atoms with Crippen molar-refractivity contribution in [3.63, 3.8) is 0 Å². The van der Waals surface area contributed by atoms with Gasteiger partial charge in [-0.15, -0.1) is 0 Å². The third kappa shape index (κ3) is 2.32. The fraction of sp³-hybridized carbons (Fsp3) is 0.778. The first-order chi connectivity index (χ1) is 5.59. The monoisotopic (exact) mass is 169 g/mol. The van der Waals surface area contributed by atoms with Crippen LogP contribution in [0.3, 0.4) is 0 Å². The lowest BCUT2D eigenvalue weighted by Gasteiger charge is -2.07. The van der Waals surface area contributed by atoms with Gasteiger partial charge < -0.3 is 5.32 Å². The van der Waals surface area contributed by atoms with Gasteiger partial charge in [-0.05, 0) is 5.92 Å². The van der Waals surface area contributed by atoms with Gasteiger partial charge in [0.25, 0.3) is 0 Å². The average molecular weight is 169 g/mol. The molecule has 0 aliphatic carbocycles. The van der Waals surface area contributed by atoms with Crippen LogP contribution in [0.1, 0.15) is 26.7 Å². The minimum absolute atomic E-state index is 0.0801. The molecular weight excluding hydrogens is 154 g/mol. The number of ketones is 1. The summed E-state index contributed by atoms with van der Waals surface area (Å²) in [5.74, 6) is 0.682. The Kier molecular flexibility index (Phi) is 2.84. The van der Waals surface area contributed by atoms with Crippen LogP contribution in [0.2, 0.25) is 0 Å². The molecule has 3 heteroatoms. The van der Waals surface area contributed by atoms with Gasteiger partial charge in [0, 0.05) is 25.3 Å². The SMILES string of the molecule is CC(C)C(=O)C[C@@H]1CNC(=O)C1. The van der Waals surface area contributed by atoms with Crippen molar-refractivity contribution < 1.29 is 9.59 Å². The van der Waals surface area contributed by atoms with Crippen molar-refractivity contribution in [1.29, 1.82) is 0 Å². The molecule has 1 amide bonds. The molecule has 0 aromatic rings. The zero-order valence-electron chi connectivity index (χ0n) is 7.59. The Hall–Kier alpha value is -0.860. The summed E-state index contributed by atoms with van der Waals surface area (Å²) in [5, 5.41) is 2.72. The van der Waals surface area contributed by atoms with Crippen LogP contribution >= 0.6 is 0 Å². The largest absolute Gasteiger partial charge is 0.356 e. The van der Waals surface area contributed by atoms with E-state index in [2.05, 4.69) is 5.32 Å². The molecular formula is C9H15NO2. The van der Waals surface area contributed by atoms with Crippen LogP contribution < -0.4 is 5.32 Å². The maximum Gasteiger partial charge on any atom is 0.220 e. The molecule has 0 bridgehead atoms. The van der Waals surface area contributed by atoms with E-state index in [-0.39, 0.29) is 23.5 Å². The zero-order valence-corrected chi connectivity index (χ0v) is 7.59. The van der Waals surface area contributed by atoms with E-state index in [9.17, 15) is 9.59 Å². The maximum absolute atomic E-state index is 11.3. The van der Waals surface area contributed by atoms with E-state index in [4.69, 9.17) is 0 Å². The maximum atomic E-state index is 11.3. The smallest absolute Gasteiger partial charge is 0.220 e. The normalized spacial score (nSPS) is 22.9. The molecule has 1 aliphatic heterocycles. The first-order valence-electron chi connectivity index (χ1n) is 4.39. The van der Waals surface area contributed by atoms with Gasteiger partial charge in [-0.3, -0.25) is 9.59 Å². The third-order valence-corrected chi connectivity index (χ3v) is 2.20. The molecule has 0 saturated carbocycles. The Bertz CT molecular complexity index is 199. The molecule has 1 N–H and O–H groups in total. The Morgan fingerprint density at radius 3 is 2.75 bits per heavy atom. The number of carbonyl (C=O) groups excluding carboxylic acids is 2. The van der Waals surface area contributed by atoms with Crippen molar-refractivity contribution in [2.24, 2.45) is 11.8 Å². The Morgan fingerprint density at radius 1 is 1.67 bits per heavy atom. The molecule has 1 aliphatic rings. The summed E-state index contributed by atoms with van der Waals surface area (Å²) in [6, 6.07) is 0. The van der Waals surface area contributed by atoms with Gasteiger partial charge in [-0.1, -0.05) is 13.8 Å². The van der Waals surface area contributed by atoms with Gasteiger partial charge in [0.2, 0.25) is 5.91 Å². The zero-order chi connectivity index (χ0) is 9.14. The fourth-order valence-corrected chi connectivity index (χ4v) is 1.33. The fourth-order valence-electron chi connectivity index (χ4n) is 1.33. The number of Topliss-reactive ketones (excluding diaryl/α,β-unsaturated/α-hetero) is 1. The minimum atomic E-state index is 0.0801. The second-order valence-electron chi connectivity index (χ2n) is 3.70. The first kappa shape index (κ1) is 9.23. The summed E-state index contributed by atoms with van der Waals surface area (Å²) in [4.78, 5) is 22.0. The van der Waals surface area contributed by atoms with E-state index in [1.807, 2.05) is 13.8 Å². The third-order valence-electron chi connectivity index (χ3n) is 2.20. The molecule has 0 spiro atoms. The lowest BCUT2D eigenvalue weighted by Crippen LogP contribution is -2.16. The van der Waals surface area contributed by atoms with Gasteiger partial charge in [0.15, 0.2) is 0 Å². The predicted molar refractivity (Wildman–Crippen MR) is 45.6 cm³/mol. The molecule has 1 fully saturated rings. The lowest BCUT2D eigenvalue weighted by atomic mass is 9.96. The van der Waals surface area contributed by atoms with Crippen LogP contribution in [-0.2, 0) is 9.59 Å². The van der Waals surface area contributed by atoms with Crippen molar-refractivity contribution >= 4 is 11.7 Å². The molecule has 0 aromatic heterocycles. The van der Waals surface area contributed by atoms with E-state index in [0.717, 1.165) is 0 Å². The second kappa shape index (κ2) is 3.70. The number of carbonyl (C=O) groups is 2. The lowest BCUT2D eigenvalue weighted by molar-refractivity contribution is -0.122. The molecule has 1 atom stereocenters. The van der Waals surface area contributed by atoms with Crippen LogP contribution in [0.4, 0.5) is 0 Å². The van der Waals surface area contributed by atoms with E-state index < -0.39 is 0 Å². The molecule has 0 aromatic carbocycles. The number of rotatable bonds is 3. The standard InChI is InChI=1S/C9H15NO2/c1-6(2)8(11)3-7-4-9(12)10-5-7/h6-7H,3-5H2,1-2H3,(H,10,12)/t7-/m0/s1. The number of nitrogens with one attached hydrogen (secondary N) is 1. The summed E-state index contributed by atoms with van der Waals surface area (Å²) >= 11 is 0. The quantitative estimate of drug-likeness (QED) is 0.677. The van der Waals surface area contributed by atoms with Gasteiger partial charge in [-0.2, -0.15) is 0 Å². The molecule has 0 radical (unpaired) electrons. The van der Waals surface area contributed by atoms with Gasteiger partial charge in [-0.25, -0.2) is 0 Å². The van der Waals surface area contributed by atoms with Crippen LogP contribution in [0, 0.1) is 11.8 Å². The van der Waals surface area contributed by atoms with E-state index in [1.54, 1.807) is 0 Å². The Labute approximate surface area is 72.5 Å². The first-order valence-corrected chi connectivity index (χ1v) is 4.39. The van der Waals surface area contributed by atoms with Gasteiger partial charge in [0.1, 0.15) is 5.78 Å². The van der Waals surface area contributed by atoms with Crippen LogP contribution in [0.5, 0.6) is 0 Å². The van der Waals surface area contributed by atoms with E-state index in [0.29, 0.717) is 19.4 Å². The van der Waals surface area contributed by atoms with Crippen molar-refractivity contribution in [2.45, 2.75) is 26.7 Å². The highest BCUT2D eigenvalue weighted by molar-refractivity contribution is 5.83. The van der Waals surface area contributed by atoms with E-state index >= 15 is 0 Å². The highest BCUT2D eigenvalue weighted by atomic mass is 16.2. The summed E-state index contributed by atoms with van der Waals surface area (Å²) in [6.45, 7) is 4.47. The van der Waals surface area contributed by atoms with Gasteiger partial charge >= 0.3 is 0 Å². The predicted octanol–water partition coefficient (Wildman–Crippen LogP) is 0.738. The summed E-state index contributed by atoms with van der Waals surface area (Å²) < 4.78 is 0. The molecule has 68 valence electrons. The summed E-state index contributed by atoms with van der Waals surface area (Å²) in [7, 11) is 0. The summed E-state index contributed by atoms with van der Waals surface area (Å²) in [5.41, 5.74) is 0. The Morgan fingerprint density at radius 2 is 2.33 bits per heavy atom. The molecule has 0 unspecified atom stereocenters. The molecule has 1 heterocycles. The van der Waals surface area contributed by atoms with Crippen molar-refractivity contribution in [3.8, 4) is 0 Å². The van der Waals surface area contributed by atoms with Crippen molar-refractivity contribution in [3.05, 3.63) is 0 Å². The molecule has 12 heavy (non-hydrogen) atoms. The van der Waals surface area contributed by atoms with Crippen molar-refractivity contribution in [2.75, 3.05) is 6.54 Å². The molecule has 1 saturated heterocycles. The van der Waals surface area contributed by atoms with Gasteiger partial charge in [0.05, 0.1) is 0 Å².